The number of anilines is 1. The van der Waals surface area contributed by atoms with Crippen LogP contribution < -0.4 is 19.5 Å². The van der Waals surface area contributed by atoms with Gasteiger partial charge in [-0.25, -0.2) is 8.42 Å². The van der Waals surface area contributed by atoms with Gasteiger partial charge < -0.3 is 14.8 Å². The smallest absolute Gasteiger partial charge is 0.261 e. The molecule has 3 aromatic rings. The van der Waals surface area contributed by atoms with Gasteiger partial charge in [0, 0.05) is 17.8 Å². The minimum absolute atomic E-state index is 0.114. The zero-order chi connectivity index (χ0) is 21.6. The summed E-state index contributed by atoms with van der Waals surface area (Å²) in [6.07, 6.45) is 0. The van der Waals surface area contributed by atoms with Gasteiger partial charge in [-0.1, -0.05) is 12.1 Å². The highest BCUT2D eigenvalue weighted by atomic mass is 32.2. The highest BCUT2D eigenvalue weighted by molar-refractivity contribution is 7.92. The lowest BCUT2D eigenvalue weighted by atomic mass is 10.1. The minimum atomic E-state index is -3.74. The molecule has 156 valence electrons. The monoisotopic (exact) mass is 426 g/mol. The molecule has 3 rings (SSSR count). The molecule has 8 heteroatoms. The second kappa shape index (κ2) is 9.32. The first-order valence-corrected chi connectivity index (χ1v) is 10.6. The van der Waals surface area contributed by atoms with Crippen molar-refractivity contribution < 1.29 is 22.7 Å². The van der Waals surface area contributed by atoms with Gasteiger partial charge in [0.15, 0.2) is 0 Å². The van der Waals surface area contributed by atoms with E-state index in [-0.39, 0.29) is 10.8 Å². The van der Waals surface area contributed by atoms with Crippen molar-refractivity contribution in [3.05, 3.63) is 83.9 Å². The quantitative estimate of drug-likeness (QED) is 0.576. The van der Waals surface area contributed by atoms with Crippen molar-refractivity contribution in [3.63, 3.8) is 0 Å². The third-order valence-corrected chi connectivity index (χ3v) is 5.75. The van der Waals surface area contributed by atoms with Gasteiger partial charge in [-0.3, -0.25) is 9.52 Å². The molecule has 0 aliphatic rings. The molecule has 3 aromatic carbocycles. The van der Waals surface area contributed by atoms with Crippen LogP contribution in [0.2, 0.25) is 0 Å². The summed E-state index contributed by atoms with van der Waals surface area (Å²) < 4.78 is 37.7. The number of benzene rings is 3. The molecular weight excluding hydrogens is 404 g/mol. The first-order valence-electron chi connectivity index (χ1n) is 9.09. The average molecular weight is 426 g/mol. The molecule has 0 radical (unpaired) electrons. The van der Waals surface area contributed by atoms with Gasteiger partial charge in [0.05, 0.1) is 19.1 Å². The zero-order valence-corrected chi connectivity index (χ0v) is 17.4. The van der Waals surface area contributed by atoms with Crippen LogP contribution >= 0.6 is 0 Å². The van der Waals surface area contributed by atoms with E-state index in [9.17, 15) is 13.2 Å². The molecule has 0 aromatic heterocycles. The van der Waals surface area contributed by atoms with Crippen molar-refractivity contribution in [1.82, 2.24) is 5.32 Å². The number of ether oxygens (including phenoxy) is 2. The Balaban J connectivity index is 1.62. The molecular formula is C22H22N2O5S. The molecule has 7 nitrogen and oxygen atoms in total. The minimum Gasteiger partial charge on any atom is -0.497 e. The van der Waals surface area contributed by atoms with Crippen LogP contribution in [0.25, 0.3) is 0 Å². The summed E-state index contributed by atoms with van der Waals surface area (Å²) in [6, 6.07) is 19.7. The molecule has 0 bridgehead atoms. The second-order valence-electron chi connectivity index (χ2n) is 6.39. The van der Waals surface area contributed by atoms with E-state index in [0.29, 0.717) is 23.5 Å². The predicted molar refractivity (Wildman–Crippen MR) is 114 cm³/mol. The molecule has 0 atom stereocenters. The number of carbonyl (C=O) groups is 1. The normalized spacial score (nSPS) is 10.9. The number of nitrogens with one attached hydrogen (secondary N) is 2. The highest BCUT2D eigenvalue weighted by Gasteiger charge is 2.14. The summed E-state index contributed by atoms with van der Waals surface area (Å²) in [5.41, 5.74) is 1.69. The Morgan fingerprint density at radius 3 is 2.17 bits per heavy atom. The second-order valence-corrected chi connectivity index (χ2v) is 8.07. The predicted octanol–water partition coefficient (Wildman–Crippen LogP) is 3.43. The average Bonchev–Trinajstić information content (AvgIpc) is 2.78. The zero-order valence-electron chi connectivity index (χ0n) is 16.6. The van der Waals surface area contributed by atoms with Crippen LogP contribution in [0, 0.1) is 0 Å². The summed E-state index contributed by atoms with van der Waals surface area (Å²) in [7, 11) is -0.647. The maximum atomic E-state index is 12.5. The molecule has 1 amide bonds. The number of rotatable bonds is 8. The Morgan fingerprint density at radius 2 is 1.53 bits per heavy atom. The topological polar surface area (TPSA) is 93.7 Å². The van der Waals surface area contributed by atoms with Crippen LogP contribution in [0.3, 0.4) is 0 Å². The maximum Gasteiger partial charge on any atom is 0.261 e. The SMILES string of the molecule is COc1ccc(S(=O)(=O)Nc2ccc(C(=O)NCc3cccc(OC)c3)cc2)cc1. The van der Waals surface area contributed by atoms with E-state index in [2.05, 4.69) is 10.0 Å². The van der Waals surface area contributed by atoms with Crippen molar-refractivity contribution in [1.29, 1.82) is 0 Å². The Kier molecular flexibility index (Phi) is 6.58. The Bertz CT molecular complexity index is 1110. The highest BCUT2D eigenvalue weighted by Crippen LogP contribution is 2.19. The van der Waals surface area contributed by atoms with E-state index in [0.717, 1.165) is 11.3 Å². The lowest BCUT2D eigenvalue weighted by molar-refractivity contribution is 0.0951. The van der Waals surface area contributed by atoms with Crippen LogP contribution in [0.15, 0.2) is 77.7 Å². The Hall–Kier alpha value is -3.52. The molecule has 30 heavy (non-hydrogen) atoms. The fourth-order valence-corrected chi connectivity index (χ4v) is 3.78. The van der Waals surface area contributed by atoms with Crippen molar-refractivity contribution in [2.45, 2.75) is 11.4 Å². The van der Waals surface area contributed by atoms with E-state index in [4.69, 9.17) is 9.47 Å². The number of hydrogen-bond donors (Lipinski definition) is 2. The number of sulfonamides is 1. The van der Waals surface area contributed by atoms with Gasteiger partial charge >= 0.3 is 0 Å². The van der Waals surface area contributed by atoms with Crippen molar-refractivity contribution in [2.24, 2.45) is 0 Å². The largest absolute Gasteiger partial charge is 0.497 e. The van der Waals surface area contributed by atoms with Gasteiger partial charge in [-0.15, -0.1) is 0 Å². The Morgan fingerprint density at radius 1 is 0.867 bits per heavy atom. The first kappa shape index (κ1) is 21.2. The van der Waals surface area contributed by atoms with Crippen molar-refractivity contribution >= 4 is 21.6 Å². The maximum absolute atomic E-state index is 12.5. The fourth-order valence-electron chi connectivity index (χ4n) is 2.73. The van der Waals surface area contributed by atoms with Crippen LogP contribution in [0.4, 0.5) is 5.69 Å². The molecule has 0 heterocycles. The van der Waals surface area contributed by atoms with Crippen molar-refractivity contribution in [3.8, 4) is 11.5 Å². The van der Waals surface area contributed by atoms with Gasteiger partial charge in [0.25, 0.3) is 15.9 Å². The van der Waals surface area contributed by atoms with Gasteiger partial charge in [-0.2, -0.15) is 0 Å². The number of methoxy groups -OCH3 is 2. The van der Waals surface area contributed by atoms with Gasteiger partial charge in [0.1, 0.15) is 11.5 Å². The summed E-state index contributed by atoms with van der Waals surface area (Å²) in [5, 5.41) is 2.83. The van der Waals surface area contributed by atoms with E-state index >= 15 is 0 Å². The van der Waals surface area contributed by atoms with Gasteiger partial charge in [-0.05, 0) is 66.2 Å². The van der Waals surface area contributed by atoms with E-state index < -0.39 is 10.0 Å². The fraction of sp³-hybridized carbons (Fsp3) is 0.136. The summed E-state index contributed by atoms with van der Waals surface area (Å²) in [4.78, 5) is 12.5. The number of carbonyl (C=O) groups excluding carboxylic acids is 1. The third kappa shape index (κ3) is 5.30. The molecule has 0 fully saturated rings. The number of amides is 1. The van der Waals surface area contributed by atoms with Crippen LogP contribution in [-0.4, -0.2) is 28.5 Å². The summed E-state index contributed by atoms with van der Waals surface area (Å²) in [6.45, 7) is 0.349. The molecule has 2 N–H and O–H groups in total. The summed E-state index contributed by atoms with van der Waals surface area (Å²) >= 11 is 0. The molecule has 0 saturated carbocycles. The van der Waals surface area contributed by atoms with Crippen LogP contribution in [0.1, 0.15) is 15.9 Å². The molecule has 0 unspecified atom stereocenters. The lowest BCUT2D eigenvalue weighted by Crippen LogP contribution is -2.22. The van der Waals surface area contributed by atoms with Crippen molar-refractivity contribution in [2.75, 3.05) is 18.9 Å². The molecule has 0 saturated heterocycles. The standard InChI is InChI=1S/C22H22N2O5S/c1-28-19-10-12-21(13-11-19)30(26,27)24-18-8-6-17(7-9-18)22(25)23-15-16-4-3-5-20(14-16)29-2/h3-14,24H,15H2,1-2H3,(H,23,25). The van der Waals surface area contributed by atoms with E-state index in [1.54, 1.807) is 43.5 Å². The Labute approximate surface area is 175 Å². The van der Waals surface area contributed by atoms with Gasteiger partial charge in [0.2, 0.25) is 0 Å². The first-order chi connectivity index (χ1) is 14.4. The molecule has 0 aliphatic heterocycles. The van der Waals surface area contributed by atoms with Crippen LogP contribution in [-0.2, 0) is 16.6 Å². The molecule has 0 spiro atoms. The lowest BCUT2D eigenvalue weighted by Gasteiger charge is -2.10. The third-order valence-electron chi connectivity index (χ3n) is 4.36. The van der Waals surface area contributed by atoms with E-state index in [1.807, 2.05) is 24.3 Å². The van der Waals surface area contributed by atoms with E-state index in [1.165, 1.54) is 19.2 Å². The van der Waals surface area contributed by atoms with Crippen LogP contribution in [0.5, 0.6) is 11.5 Å². The number of hydrogen-bond acceptors (Lipinski definition) is 5. The summed E-state index contributed by atoms with van der Waals surface area (Å²) in [5.74, 6) is 1.02. The molecule has 0 aliphatic carbocycles.